The molecular formula is C26H26FN3O. The summed E-state index contributed by atoms with van der Waals surface area (Å²) in [6, 6.07) is 25.4. The normalized spacial score (nSPS) is 20.0. The highest BCUT2D eigenvalue weighted by atomic mass is 19.1. The second-order valence-corrected chi connectivity index (χ2v) is 8.29. The van der Waals surface area contributed by atoms with Crippen molar-refractivity contribution in [3.05, 3.63) is 95.8 Å². The van der Waals surface area contributed by atoms with Gasteiger partial charge in [0.25, 0.3) is 0 Å². The maximum Gasteiger partial charge on any atom is 0.225 e. The molecule has 0 bridgehead atoms. The molecule has 0 saturated carbocycles. The highest BCUT2D eigenvalue weighted by molar-refractivity contribution is 5.82. The highest BCUT2D eigenvalue weighted by Gasteiger charge is 2.41. The first kappa shape index (κ1) is 19.6. The lowest BCUT2D eigenvalue weighted by Crippen LogP contribution is -2.61. The Bertz CT molecular complexity index is 1070. The molecule has 0 aliphatic carbocycles. The van der Waals surface area contributed by atoms with Crippen LogP contribution in [0, 0.1) is 11.7 Å². The van der Waals surface area contributed by atoms with E-state index in [0.717, 1.165) is 19.6 Å². The van der Waals surface area contributed by atoms with E-state index in [1.165, 1.54) is 23.0 Å². The van der Waals surface area contributed by atoms with E-state index < -0.39 is 0 Å². The summed E-state index contributed by atoms with van der Waals surface area (Å²) in [7, 11) is 0. The molecular weight excluding hydrogens is 389 g/mol. The van der Waals surface area contributed by atoms with Gasteiger partial charge in [-0.3, -0.25) is 4.79 Å². The maximum atomic E-state index is 14.0. The highest BCUT2D eigenvalue weighted by Crippen LogP contribution is 2.36. The molecule has 2 aliphatic rings. The van der Waals surface area contributed by atoms with E-state index in [-0.39, 0.29) is 30.2 Å². The topological polar surface area (TPSA) is 35.6 Å². The van der Waals surface area contributed by atoms with Crippen LogP contribution >= 0.6 is 0 Å². The average molecular weight is 416 g/mol. The molecule has 1 saturated heterocycles. The fraction of sp³-hybridized carbons (Fsp3) is 0.269. The molecule has 0 unspecified atom stereocenters. The zero-order valence-electron chi connectivity index (χ0n) is 17.4. The van der Waals surface area contributed by atoms with Gasteiger partial charge in [0.1, 0.15) is 5.82 Å². The number of anilines is 2. The van der Waals surface area contributed by atoms with Crippen molar-refractivity contribution >= 4 is 17.3 Å². The van der Waals surface area contributed by atoms with Gasteiger partial charge in [0, 0.05) is 43.1 Å². The zero-order chi connectivity index (χ0) is 21.2. The smallest absolute Gasteiger partial charge is 0.225 e. The Labute approximate surface area is 182 Å². The van der Waals surface area contributed by atoms with Crippen molar-refractivity contribution in [3.8, 4) is 0 Å². The molecule has 31 heavy (non-hydrogen) atoms. The van der Waals surface area contributed by atoms with Gasteiger partial charge in [-0.2, -0.15) is 0 Å². The molecule has 0 spiro atoms. The third-order valence-electron chi connectivity index (χ3n) is 6.49. The summed E-state index contributed by atoms with van der Waals surface area (Å²) in [6.45, 7) is 2.78. The Hall–Kier alpha value is -3.34. The van der Waals surface area contributed by atoms with Gasteiger partial charge in [0.2, 0.25) is 5.91 Å². The molecule has 1 fully saturated rings. The van der Waals surface area contributed by atoms with E-state index >= 15 is 0 Å². The van der Waals surface area contributed by atoms with Crippen molar-refractivity contribution in [2.45, 2.75) is 19.0 Å². The van der Waals surface area contributed by atoms with E-state index in [1.54, 1.807) is 18.2 Å². The van der Waals surface area contributed by atoms with Crippen LogP contribution in [0.3, 0.4) is 0 Å². The van der Waals surface area contributed by atoms with Gasteiger partial charge < -0.3 is 15.1 Å². The maximum absolute atomic E-state index is 14.0. The molecule has 2 aliphatic heterocycles. The van der Waals surface area contributed by atoms with Crippen molar-refractivity contribution in [1.29, 1.82) is 0 Å². The molecule has 2 heterocycles. The summed E-state index contributed by atoms with van der Waals surface area (Å²) in [5.74, 6) is -0.484. The molecule has 2 atom stereocenters. The second-order valence-electron chi connectivity index (χ2n) is 8.29. The van der Waals surface area contributed by atoms with Gasteiger partial charge in [0.05, 0.1) is 12.0 Å². The lowest BCUT2D eigenvalue weighted by atomic mass is 9.83. The van der Waals surface area contributed by atoms with Crippen LogP contribution in [0.15, 0.2) is 78.9 Å². The largest absolute Gasteiger partial charge is 0.368 e. The van der Waals surface area contributed by atoms with Crippen LogP contribution in [-0.2, 0) is 17.8 Å². The minimum atomic E-state index is -0.286. The van der Waals surface area contributed by atoms with Gasteiger partial charge in [0.15, 0.2) is 0 Å². The SMILES string of the molecule is O=C(NCc1ccccc1F)[C@@H]1Cc2ccccc2N2CCN(c3ccccc3)C[C@H]12. The number of rotatable bonds is 4. The summed E-state index contributed by atoms with van der Waals surface area (Å²) in [6.07, 6.45) is 0.697. The molecule has 1 amide bonds. The zero-order valence-corrected chi connectivity index (χ0v) is 17.4. The lowest BCUT2D eigenvalue weighted by molar-refractivity contribution is -0.126. The van der Waals surface area contributed by atoms with Crippen molar-refractivity contribution in [2.24, 2.45) is 5.92 Å². The Morgan fingerprint density at radius 1 is 0.935 bits per heavy atom. The number of piperazine rings is 1. The van der Waals surface area contributed by atoms with Crippen molar-refractivity contribution in [3.63, 3.8) is 0 Å². The summed E-state index contributed by atoms with van der Waals surface area (Å²) >= 11 is 0. The summed E-state index contributed by atoms with van der Waals surface area (Å²) in [5.41, 5.74) is 4.14. The molecule has 0 radical (unpaired) electrons. The summed E-state index contributed by atoms with van der Waals surface area (Å²) in [4.78, 5) is 18.1. The van der Waals surface area contributed by atoms with Gasteiger partial charge in [-0.1, -0.05) is 54.6 Å². The molecule has 3 aromatic carbocycles. The Morgan fingerprint density at radius 2 is 1.68 bits per heavy atom. The number of carbonyl (C=O) groups is 1. The molecule has 5 rings (SSSR count). The predicted molar refractivity (Wildman–Crippen MR) is 122 cm³/mol. The number of fused-ring (bicyclic) bond motifs is 3. The van der Waals surface area contributed by atoms with Crippen LogP contribution in [0.4, 0.5) is 15.8 Å². The summed E-state index contributed by atoms with van der Waals surface area (Å²) in [5, 5.41) is 3.00. The first-order valence-electron chi connectivity index (χ1n) is 10.9. The number of amides is 1. The molecule has 158 valence electrons. The quantitative estimate of drug-likeness (QED) is 0.699. The number of hydrogen-bond donors (Lipinski definition) is 1. The van der Waals surface area contributed by atoms with Gasteiger partial charge in [-0.25, -0.2) is 4.39 Å². The first-order valence-corrected chi connectivity index (χ1v) is 10.9. The third kappa shape index (κ3) is 3.88. The second kappa shape index (κ2) is 8.42. The van der Waals surface area contributed by atoms with Crippen LogP contribution in [0.25, 0.3) is 0 Å². The number of benzene rings is 3. The van der Waals surface area contributed by atoms with Crippen LogP contribution in [-0.4, -0.2) is 31.6 Å². The minimum absolute atomic E-state index is 0.0114. The minimum Gasteiger partial charge on any atom is -0.368 e. The summed E-state index contributed by atoms with van der Waals surface area (Å²) < 4.78 is 14.0. The van der Waals surface area contributed by atoms with Gasteiger partial charge in [-0.05, 0) is 36.2 Å². The van der Waals surface area contributed by atoms with Crippen LogP contribution in [0.5, 0.6) is 0 Å². The number of halogens is 1. The molecule has 4 nitrogen and oxygen atoms in total. The van der Waals surface area contributed by atoms with Crippen LogP contribution in [0.2, 0.25) is 0 Å². The Kier molecular flexibility index (Phi) is 5.33. The standard InChI is InChI=1S/C26H26FN3O/c27-23-12-6-4-9-20(23)17-28-26(31)22-16-19-8-5-7-13-24(19)30-15-14-29(18-25(22)30)21-10-2-1-3-11-21/h1-13,22,25H,14-18H2,(H,28,31)/t22-,25-/m1/s1. The number of hydrogen-bond acceptors (Lipinski definition) is 3. The molecule has 0 aromatic heterocycles. The third-order valence-corrected chi connectivity index (χ3v) is 6.49. The number of nitrogens with one attached hydrogen (secondary N) is 1. The van der Waals surface area contributed by atoms with Crippen molar-refractivity contribution < 1.29 is 9.18 Å². The first-order chi connectivity index (χ1) is 15.2. The predicted octanol–water partition coefficient (Wildman–Crippen LogP) is 4.01. The van der Waals surface area contributed by atoms with Crippen LogP contribution < -0.4 is 15.1 Å². The average Bonchev–Trinajstić information content (AvgIpc) is 2.83. The molecule has 1 N–H and O–H groups in total. The number of carbonyl (C=O) groups excluding carboxylic acids is 1. The van der Waals surface area contributed by atoms with Gasteiger partial charge >= 0.3 is 0 Å². The van der Waals surface area contributed by atoms with E-state index in [0.29, 0.717) is 12.0 Å². The van der Waals surface area contributed by atoms with Crippen LogP contribution in [0.1, 0.15) is 11.1 Å². The lowest BCUT2D eigenvalue weighted by Gasteiger charge is -2.49. The molecule has 3 aromatic rings. The van der Waals surface area contributed by atoms with Gasteiger partial charge in [-0.15, -0.1) is 0 Å². The fourth-order valence-electron chi connectivity index (χ4n) is 4.89. The van der Waals surface area contributed by atoms with E-state index in [4.69, 9.17) is 0 Å². The monoisotopic (exact) mass is 415 g/mol. The van der Waals surface area contributed by atoms with Crippen molar-refractivity contribution in [1.82, 2.24) is 5.32 Å². The molecule has 5 heteroatoms. The fourth-order valence-corrected chi connectivity index (χ4v) is 4.89. The van der Waals surface area contributed by atoms with E-state index in [9.17, 15) is 9.18 Å². The van der Waals surface area contributed by atoms with E-state index in [2.05, 4.69) is 57.6 Å². The van der Waals surface area contributed by atoms with Crippen molar-refractivity contribution in [2.75, 3.05) is 29.4 Å². The Balaban J connectivity index is 1.40. The Morgan fingerprint density at radius 3 is 2.52 bits per heavy atom. The van der Waals surface area contributed by atoms with E-state index in [1.807, 2.05) is 12.1 Å². The number of nitrogens with zero attached hydrogens (tertiary/aromatic N) is 2. The number of para-hydroxylation sites is 2.